The van der Waals surface area contributed by atoms with E-state index in [1.165, 1.54) is 32.1 Å². The second-order valence-electron chi connectivity index (χ2n) is 6.67. The molecule has 1 N–H and O–H groups in total. The number of carbonyl (C=O) groups excluding carboxylic acids is 1. The number of rotatable bonds is 8. The Balaban J connectivity index is 2.17. The Kier molecular flexibility index (Phi) is 8.20. The van der Waals surface area contributed by atoms with Crippen molar-refractivity contribution in [2.24, 2.45) is 5.92 Å². The molecule has 1 unspecified atom stereocenters. The second kappa shape index (κ2) is 9.38. The van der Waals surface area contributed by atoms with Crippen LogP contribution in [0.3, 0.4) is 0 Å². The third-order valence-corrected chi connectivity index (χ3v) is 4.31. The van der Waals surface area contributed by atoms with Crippen molar-refractivity contribution < 1.29 is 4.79 Å². The van der Waals surface area contributed by atoms with Crippen LogP contribution in [0.15, 0.2) is 0 Å². The molecule has 0 aromatic carbocycles. The third-order valence-electron chi connectivity index (χ3n) is 4.31. The maximum atomic E-state index is 11.9. The van der Waals surface area contributed by atoms with E-state index in [0.717, 1.165) is 25.9 Å². The van der Waals surface area contributed by atoms with Gasteiger partial charge in [0.05, 0.1) is 0 Å². The zero-order valence-electron chi connectivity index (χ0n) is 14.0. The first-order valence-corrected chi connectivity index (χ1v) is 8.59. The molecule has 0 spiro atoms. The molecule has 1 aliphatic heterocycles. The molecular formula is C17H34N2O. The van der Waals surface area contributed by atoms with Crippen LogP contribution >= 0.6 is 0 Å². The van der Waals surface area contributed by atoms with E-state index in [0.29, 0.717) is 18.0 Å². The number of piperidine rings is 1. The van der Waals surface area contributed by atoms with Crippen LogP contribution in [0.1, 0.15) is 72.6 Å². The molecule has 3 heteroatoms. The van der Waals surface area contributed by atoms with Gasteiger partial charge in [-0.05, 0) is 26.2 Å². The molecule has 1 amide bonds. The molecule has 118 valence electrons. The molecule has 0 bridgehead atoms. The zero-order valence-corrected chi connectivity index (χ0v) is 14.0. The fraction of sp³-hybridized carbons (Fsp3) is 0.941. The largest absolute Gasteiger partial charge is 0.342 e. The molecular weight excluding hydrogens is 248 g/mol. The summed E-state index contributed by atoms with van der Waals surface area (Å²) >= 11 is 0. The third kappa shape index (κ3) is 6.25. The van der Waals surface area contributed by atoms with Gasteiger partial charge < -0.3 is 10.2 Å². The van der Waals surface area contributed by atoms with Gasteiger partial charge in [-0.1, -0.05) is 46.5 Å². The van der Waals surface area contributed by atoms with E-state index in [2.05, 4.69) is 19.2 Å². The molecule has 1 fully saturated rings. The van der Waals surface area contributed by atoms with Crippen LogP contribution in [0.5, 0.6) is 0 Å². The fourth-order valence-corrected chi connectivity index (χ4v) is 2.99. The molecule has 0 radical (unpaired) electrons. The van der Waals surface area contributed by atoms with Gasteiger partial charge in [-0.3, -0.25) is 4.79 Å². The normalized spacial score (nSPS) is 18.6. The molecule has 1 rings (SSSR count). The topological polar surface area (TPSA) is 32.3 Å². The SMILES string of the molecule is CCCCCCC(C)NC1CCN(C(=O)C(C)C)CC1. The monoisotopic (exact) mass is 282 g/mol. The van der Waals surface area contributed by atoms with Crippen molar-refractivity contribution in [1.29, 1.82) is 0 Å². The first-order chi connectivity index (χ1) is 9.54. The average molecular weight is 282 g/mol. The first kappa shape index (κ1) is 17.5. The van der Waals surface area contributed by atoms with E-state index in [9.17, 15) is 4.79 Å². The highest BCUT2D eigenvalue weighted by Gasteiger charge is 2.24. The predicted octanol–water partition coefficient (Wildman–Crippen LogP) is 3.58. The Morgan fingerprint density at radius 3 is 2.35 bits per heavy atom. The molecule has 0 saturated carbocycles. The van der Waals surface area contributed by atoms with Crippen LogP contribution in [-0.4, -0.2) is 36.0 Å². The Morgan fingerprint density at radius 1 is 1.15 bits per heavy atom. The number of hydrogen-bond acceptors (Lipinski definition) is 2. The van der Waals surface area contributed by atoms with Crippen LogP contribution in [0.4, 0.5) is 0 Å². The number of unbranched alkanes of at least 4 members (excludes halogenated alkanes) is 3. The lowest BCUT2D eigenvalue weighted by atomic mass is 10.0. The van der Waals surface area contributed by atoms with Crippen LogP contribution in [-0.2, 0) is 4.79 Å². The summed E-state index contributed by atoms with van der Waals surface area (Å²) < 4.78 is 0. The van der Waals surface area contributed by atoms with Crippen molar-refractivity contribution in [3.05, 3.63) is 0 Å². The van der Waals surface area contributed by atoms with E-state index < -0.39 is 0 Å². The smallest absolute Gasteiger partial charge is 0.225 e. The molecule has 0 aromatic rings. The Labute approximate surface area is 125 Å². The highest BCUT2D eigenvalue weighted by atomic mass is 16.2. The zero-order chi connectivity index (χ0) is 15.0. The summed E-state index contributed by atoms with van der Waals surface area (Å²) in [6, 6.07) is 1.22. The van der Waals surface area contributed by atoms with Gasteiger partial charge in [-0.25, -0.2) is 0 Å². The highest BCUT2D eigenvalue weighted by molar-refractivity contribution is 5.78. The Bertz CT molecular complexity index is 270. The first-order valence-electron chi connectivity index (χ1n) is 8.59. The van der Waals surface area contributed by atoms with Gasteiger partial charge in [-0.2, -0.15) is 0 Å². The van der Waals surface area contributed by atoms with Crippen molar-refractivity contribution in [1.82, 2.24) is 10.2 Å². The number of hydrogen-bond donors (Lipinski definition) is 1. The predicted molar refractivity (Wildman–Crippen MR) is 85.8 cm³/mol. The van der Waals surface area contributed by atoms with Gasteiger partial charge in [0.2, 0.25) is 5.91 Å². The molecule has 1 atom stereocenters. The minimum Gasteiger partial charge on any atom is -0.342 e. The summed E-state index contributed by atoms with van der Waals surface area (Å²) in [5, 5.41) is 3.75. The Hall–Kier alpha value is -0.570. The summed E-state index contributed by atoms with van der Waals surface area (Å²) in [7, 11) is 0. The summed E-state index contributed by atoms with van der Waals surface area (Å²) in [5.41, 5.74) is 0. The summed E-state index contributed by atoms with van der Waals surface area (Å²) in [4.78, 5) is 14.0. The molecule has 20 heavy (non-hydrogen) atoms. The van der Waals surface area contributed by atoms with Gasteiger partial charge in [-0.15, -0.1) is 0 Å². The average Bonchev–Trinajstić information content (AvgIpc) is 2.43. The molecule has 1 aliphatic rings. The Morgan fingerprint density at radius 2 is 1.80 bits per heavy atom. The van der Waals surface area contributed by atoms with Gasteiger partial charge in [0.15, 0.2) is 0 Å². The minimum absolute atomic E-state index is 0.136. The molecule has 3 nitrogen and oxygen atoms in total. The lowest BCUT2D eigenvalue weighted by Crippen LogP contribution is -2.48. The second-order valence-corrected chi connectivity index (χ2v) is 6.67. The van der Waals surface area contributed by atoms with E-state index in [1.807, 2.05) is 18.7 Å². The molecule has 1 saturated heterocycles. The van der Waals surface area contributed by atoms with E-state index in [1.54, 1.807) is 0 Å². The van der Waals surface area contributed by atoms with Crippen molar-refractivity contribution in [3.63, 3.8) is 0 Å². The van der Waals surface area contributed by atoms with Crippen molar-refractivity contribution >= 4 is 5.91 Å². The maximum absolute atomic E-state index is 11.9. The van der Waals surface area contributed by atoms with Gasteiger partial charge in [0.1, 0.15) is 0 Å². The van der Waals surface area contributed by atoms with E-state index in [4.69, 9.17) is 0 Å². The summed E-state index contributed by atoms with van der Waals surface area (Å²) in [5.74, 6) is 0.452. The summed E-state index contributed by atoms with van der Waals surface area (Å²) in [6.45, 7) is 10.4. The minimum atomic E-state index is 0.136. The molecule has 1 heterocycles. The standard InChI is InChI=1S/C17H34N2O/c1-5-6-7-8-9-15(4)18-16-10-12-19(13-11-16)17(20)14(2)3/h14-16,18H,5-13H2,1-4H3. The van der Waals surface area contributed by atoms with Crippen LogP contribution in [0.2, 0.25) is 0 Å². The van der Waals surface area contributed by atoms with Gasteiger partial charge in [0.25, 0.3) is 0 Å². The van der Waals surface area contributed by atoms with Crippen molar-refractivity contribution in [2.75, 3.05) is 13.1 Å². The number of carbonyl (C=O) groups is 1. The molecule has 0 aromatic heterocycles. The summed E-state index contributed by atoms with van der Waals surface area (Å²) in [6.07, 6.45) is 8.88. The lowest BCUT2D eigenvalue weighted by Gasteiger charge is -2.35. The van der Waals surface area contributed by atoms with Gasteiger partial charge >= 0.3 is 0 Å². The highest BCUT2D eigenvalue weighted by Crippen LogP contribution is 2.15. The van der Waals surface area contributed by atoms with Crippen LogP contribution in [0.25, 0.3) is 0 Å². The van der Waals surface area contributed by atoms with Crippen molar-refractivity contribution in [3.8, 4) is 0 Å². The van der Waals surface area contributed by atoms with Gasteiger partial charge in [0, 0.05) is 31.1 Å². The van der Waals surface area contributed by atoms with Crippen molar-refractivity contribution in [2.45, 2.75) is 84.7 Å². The fourth-order valence-electron chi connectivity index (χ4n) is 2.99. The number of nitrogens with zero attached hydrogens (tertiary/aromatic N) is 1. The van der Waals surface area contributed by atoms with E-state index in [-0.39, 0.29) is 5.92 Å². The van der Waals surface area contributed by atoms with E-state index >= 15 is 0 Å². The number of likely N-dealkylation sites (tertiary alicyclic amines) is 1. The number of amides is 1. The lowest BCUT2D eigenvalue weighted by molar-refractivity contribution is -0.135. The quantitative estimate of drug-likeness (QED) is 0.690. The van der Waals surface area contributed by atoms with Crippen LogP contribution < -0.4 is 5.32 Å². The molecule has 0 aliphatic carbocycles. The van der Waals surface area contributed by atoms with Crippen LogP contribution in [0, 0.1) is 5.92 Å². The maximum Gasteiger partial charge on any atom is 0.225 e. The number of nitrogens with one attached hydrogen (secondary N) is 1.